The van der Waals surface area contributed by atoms with E-state index in [4.69, 9.17) is 14.2 Å². The Labute approximate surface area is 355 Å². The van der Waals surface area contributed by atoms with Crippen molar-refractivity contribution < 1.29 is 28.6 Å². The van der Waals surface area contributed by atoms with Crippen LogP contribution in [0.4, 0.5) is 0 Å². The Hall–Kier alpha value is -1.59. The molecule has 57 heavy (non-hydrogen) atoms. The molecule has 0 spiro atoms. The lowest BCUT2D eigenvalue weighted by atomic mass is 9.99. The van der Waals surface area contributed by atoms with E-state index in [1.54, 1.807) is 0 Å². The quantitative estimate of drug-likeness (QED) is 0.0346. The predicted octanol–water partition coefficient (Wildman–Crippen LogP) is 16.1. The first-order valence-electron chi connectivity index (χ1n) is 25.3. The summed E-state index contributed by atoms with van der Waals surface area (Å²) in [6.45, 7) is 11.4. The fourth-order valence-electron chi connectivity index (χ4n) is 7.57. The van der Waals surface area contributed by atoms with Crippen molar-refractivity contribution in [3.63, 3.8) is 0 Å². The molecule has 0 amide bonds. The number of carbonyl (C=O) groups is 3. The summed E-state index contributed by atoms with van der Waals surface area (Å²) in [6.07, 6.45) is 43.7. The molecule has 6 nitrogen and oxygen atoms in total. The van der Waals surface area contributed by atoms with Gasteiger partial charge in [0.1, 0.15) is 13.2 Å². The summed E-state index contributed by atoms with van der Waals surface area (Å²) in [7, 11) is 0. The molecule has 0 saturated carbocycles. The van der Waals surface area contributed by atoms with E-state index >= 15 is 0 Å². The van der Waals surface area contributed by atoms with Gasteiger partial charge in [0.2, 0.25) is 0 Å². The van der Waals surface area contributed by atoms with Gasteiger partial charge in [-0.2, -0.15) is 0 Å². The molecule has 0 fully saturated rings. The van der Waals surface area contributed by atoms with Crippen LogP contribution in [0, 0.1) is 11.8 Å². The zero-order chi connectivity index (χ0) is 41.9. The number of hydrogen-bond acceptors (Lipinski definition) is 6. The minimum atomic E-state index is -0.762. The van der Waals surface area contributed by atoms with Crippen molar-refractivity contribution in [2.45, 2.75) is 285 Å². The highest BCUT2D eigenvalue weighted by Gasteiger charge is 2.19. The fraction of sp³-hybridized carbons (Fsp3) is 0.941. The van der Waals surface area contributed by atoms with Crippen LogP contribution in [0.5, 0.6) is 0 Å². The van der Waals surface area contributed by atoms with Gasteiger partial charge in [0.05, 0.1) is 0 Å². The van der Waals surface area contributed by atoms with Gasteiger partial charge in [-0.3, -0.25) is 14.4 Å². The van der Waals surface area contributed by atoms with Crippen LogP contribution in [0.2, 0.25) is 0 Å². The molecular weight excluding hydrogens is 709 g/mol. The van der Waals surface area contributed by atoms with Crippen molar-refractivity contribution in [2.75, 3.05) is 13.2 Å². The molecule has 0 heterocycles. The molecule has 6 heteroatoms. The van der Waals surface area contributed by atoms with E-state index in [1.165, 1.54) is 167 Å². The number of carbonyl (C=O) groups excluding carboxylic acids is 3. The van der Waals surface area contributed by atoms with Crippen LogP contribution >= 0.6 is 0 Å². The lowest BCUT2D eigenvalue weighted by molar-refractivity contribution is -0.167. The second kappa shape index (κ2) is 44.0. The molecule has 0 N–H and O–H groups in total. The van der Waals surface area contributed by atoms with E-state index in [0.29, 0.717) is 19.3 Å². The Morgan fingerprint density at radius 2 is 0.614 bits per heavy atom. The molecular formula is C51H98O6. The first-order chi connectivity index (χ1) is 27.8. The molecule has 0 aromatic carbocycles. The summed E-state index contributed by atoms with van der Waals surface area (Å²) in [5.74, 6) is 0.831. The van der Waals surface area contributed by atoms with Gasteiger partial charge in [-0.15, -0.1) is 0 Å². The molecule has 2 unspecified atom stereocenters. The monoisotopic (exact) mass is 807 g/mol. The van der Waals surface area contributed by atoms with Gasteiger partial charge < -0.3 is 14.2 Å². The summed E-state index contributed by atoms with van der Waals surface area (Å²) in [5.41, 5.74) is 0. The molecule has 0 bridgehead atoms. The van der Waals surface area contributed by atoms with Crippen molar-refractivity contribution >= 4 is 17.9 Å². The highest BCUT2D eigenvalue weighted by Crippen LogP contribution is 2.18. The SMILES string of the molecule is CCCCCCCCCCCCCCCCCC(=O)O[C@H](COC(=O)CCCCCCCCCCCCC(C)CC)COC(=O)CCCCCCCCC(C)CC. The van der Waals surface area contributed by atoms with Gasteiger partial charge in [-0.25, -0.2) is 0 Å². The Kier molecular flexibility index (Phi) is 42.7. The topological polar surface area (TPSA) is 78.9 Å². The van der Waals surface area contributed by atoms with Crippen LogP contribution in [0.15, 0.2) is 0 Å². The molecule has 338 valence electrons. The van der Waals surface area contributed by atoms with Crippen molar-refractivity contribution in [1.29, 1.82) is 0 Å². The normalized spacial score (nSPS) is 13.0. The van der Waals surface area contributed by atoms with Crippen molar-refractivity contribution in [3.05, 3.63) is 0 Å². The molecule has 0 aliphatic rings. The fourth-order valence-corrected chi connectivity index (χ4v) is 7.57. The maximum Gasteiger partial charge on any atom is 0.306 e. The largest absolute Gasteiger partial charge is 0.462 e. The van der Waals surface area contributed by atoms with E-state index in [0.717, 1.165) is 69.6 Å². The van der Waals surface area contributed by atoms with Gasteiger partial charge in [-0.1, -0.05) is 240 Å². The highest BCUT2D eigenvalue weighted by atomic mass is 16.6. The van der Waals surface area contributed by atoms with Gasteiger partial charge in [0.15, 0.2) is 6.10 Å². The molecule has 0 aliphatic carbocycles. The maximum absolute atomic E-state index is 12.8. The third-order valence-corrected chi connectivity index (χ3v) is 12.2. The molecule has 0 saturated heterocycles. The maximum atomic E-state index is 12.8. The Balaban J connectivity index is 4.32. The average Bonchev–Trinajstić information content (AvgIpc) is 3.21. The highest BCUT2D eigenvalue weighted by molar-refractivity contribution is 5.71. The van der Waals surface area contributed by atoms with E-state index in [-0.39, 0.29) is 31.1 Å². The van der Waals surface area contributed by atoms with Gasteiger partial charge in [-0.05, 0) is 31.1 Å². The van der Waals surface area contributed by atoms with Crippen LogP contribution in [-0.4, -0.2) is 37.2 Å². The number of esters is 3. The summed E-state index contributed by atoms with van der Waals surface area (Å²) >= 11 is 0. The Bertz CT molecular complexity index is 874. The van der Waals surface area contributed by atoms with Crippen LogP contribution in [-0.2, 0) is 28.6 Å². The third kappa shape index (κ3) is 42.3. The van der Waals surface area contributed by atoms with Crippen LogP contribution in [0.25, 0.3) is 0 Å². The molecule has 0 aliphatic heterocycles. The number of ether oxygens (including phenoxy) is 3. The van der Waals surface area contributed by atoms with Crippen molar-refractivity contribution in [1.82, 2.24) is 0 Å². The zero-order valence-corrected chi connectivity index (χ0v) is 39.0. The second-order valence-corrected chi connectivity index (χ2v) is 17.9. The Morgan fingerprint density at radius 1 is 0.351 bits per heavy atom. The van der Waals surface area contributed by atoms with E-state index in [2.05, 4.69) is 34.6 Å². The molecule has 0 aromatic rings. The summed E-state index contributed by atoms with van der Waals surface area (Å²) in [5, 5.41) is 0. The van der Waals surface area contributed by atoms with Gasteiger partial charge in [0.25, 0.3) is 0 Å². The van der Waals surface area contributed by atoms with Gasteiger partial charge in [0, 0.05) is 19.3 Å². The van der Waals surface area contributed by atoms with Crippen LogP contribution in [0.3, 0.4) is 0 Å². The first kappa shape index (κ1) is 55.4. The minimum absolute atomic E-state index is 0.0648. The molecule has 3 atom stereocenters. The molecule has 0 radical (unpaired) electrons. The lowest BCUT2D eigenvalue weighted by Gasteiger charge is -2.18. The number of rotatable bonds is 45. The standard InChI is InChI=1S/C51H98O6/c1-6-9-10-11-12-13-14-15-16-17-18-23-26-33-38-43-51(54)57-48(45-56-50(53)42-37-32-28-27-30-35-40-47(5)8-3)44-55-49(52)41-36-31-25-22-20-19-21-24-29-34-39-46(4)7-2/h46-48H,6-45H2,1-5H3/t46?,47?,48-/m1/s1. The smallest absolute Gasteiger partial charge is 0.306 e. The van der Waals surface area contributed by atoms with Crippen LogP contribution in [0.1, 0.15) is 279 Å². The lowest BCUT2D eigenvalue weighted by Crippen LogP contribution is -2.30. The summed E-state index contributed by atoms with van der Waals surface area (Å²) < 4.78 is 16.8. The van der Waals surface area contributed by atoms with E-state index in [9.17, 15) is 14.4 Å². The number of hydrogen-bond donors (Lipinski definition) is 0. The van der Waals surface area contributed by atoms with Crippen LogP contribution < -0.4 is 0 Å². The van der Waals surface area contributed by atoms with E-state index in [1.807, 2.05) is 0 Å². The average molecular weight is 807 g/mol. The zero-order valence-electron chi connectivity index (χ0n) is 39.0. The second-order valence-electron chi connectivity index (χ2n) is 17.9. The van der Waals surface area contributed by atoms with Crippen molar-refractivity contribution in [2.24, 2.45) is 11.8 Å². The first-order valence-corrected chi connectivity index (χ1v) is 25.3. The third-order valence-electron chi connectivity index (χ3n) is 12.2. The number of unbranched alkanes of at least 4 members (excludes halogenated alkanes) is 28. The molecule has 0 rings (SSSR count). The minimum Gasteiger partial charge on any atom is -0.462 e. The summed E-state index contributed by atoms with van der Waals surface area (Å²) in [6, 6.07) is 0. The predicted molar refractivity (Wildman–Crippen MR) is 243 cm³/mol. The van der Waals surface area contributed by atoms with Crippen molar-refractivity contribution in [3.8, 4) is 0 Å². The van der Waals surface area contributed by atoms with E-state index < -0.39 is 6.10 Å². The van der Waals surface area contributed by atoms with Gasteiger partial charge >= 0.3 is 17.9 Å². The Morgan fingerprint density at radius 3 is 0.912 bits per heavy atom. The summed E-state index contributed by atoms with van der Waals surface area (Å²) in [4.78, 5) is 37.9. The molecule has 0 aromatic heterocycles.